The Hall–Kier alpha value is -2.08. The molecule has 17 heavy (non-hydrogen) atoms. The highest BCUT2D eigenvalue weighted by atomic mass is 14.9. The van der Waals surface area contributed by atoms with Crippen LogP contribution in [0.2, 0.25) is 0 Å². The largest absolute Gasteiger partial charge is 0.342 e. The highest BCUT2D eigenvalue weighted by Crippen LogP contribution is 2.19. The summed E-state index contributed by atoms with van der Waals surface area (Å²) in [4.78, 5) is 7.67. The summed E-state index contributed by atoms with van der Waals surface area (Å²) in [5.41, 5.74) is 4.19. The number of aromatic nitrogens is 2. The third-order valence-corrected chi connectivity index (χ3v) is 2.87. The van der Waals surface area contributed by atoms with E-state index in [1.807, 2.05) is 6.92 Å². The van der Waals surface area contributed by atoms with Crippen LogP contribution in [0.3, 0.4) is 0 Å². The van der Waals surface area contributed by atoms with E-state index in [4.69, 9.17) is 5.26 Å². The molecule has 0 unspecified atom stereocenters. The lowest BCUT2D eigenvalue weighted by Crippen LogP contribution is -1.85. The lowest BCUT2D eigenvalue weighted by atomic mass is 10.1. The van der Waals surface area contributed by atoms with Gasteiger partial charge in [0.15, 0.2) is 0 Å². The first kappa shape index (κ1) is 11.4. The molecule has 1 aromatic carbocycles. The van der Waals surface area contributed by atoms with Crippen LogP contribution in [0.4, 0.5) is 0 Å². The zero-order valence-corrected chi connectivity index (χ0v) is 10.1. The molecule has 0 aliphatic heterocycles. The Morgan fingerprint density at radius 2 is 2.00 bits per heavy atom. The van der Waals surface area contributed by atoms with Crippen LogP contribution in [0.25, 0.3) is 11.4 Å². The highest BCUT2D eigenvalue weighted by Gasteiger charge is 2.07. The zero-order valence-electron chi connectivity index (χ0n) is 10.1. The first-order valence-corrected chi connectivity index (χ1v) is 5.76. The number of nitrogens with one attached hydrogen (secondary N) is 1. The average Bonchev–Trinajstić information content (AvgIpc) is 2.72. The van der Waals surface area contributed by atoms with E-state index in [-0.39, 0.29) is 0 Å². The number of hydrogen-bond donors (Lipinski definition) is 1. The van der Waals surface area contributed by atoms with Gasteiger partial charge in [-0.15, -0.1) is 0 Å². The van der Waals surface area contributed by atoms with Gasteiger partial charge in [0.05, 0.1) is 18.2 Å². The van der Waals surface area contributed by atoms with Crippen LogP contribution in [0.1, 0.15) is 23.9 Å². The molecular formula is C14H15N3. The predicted molar refractivity (Wildman–Crippen MR) is 67.5 cm³/mol. The monoisotopic (exact) mass is 225 g/mol. The van der Waals surface area contributed by atoms with Gasteiger partial charge in [0.2, 0.25) is 0 Å². The summed E-state index contributed by atoms with van der Waals surface area (Å²) in [5, 5.41) is 8.69. The van der Waals surface area contributed by atoms with E-state index in [0.29, 0.717) is 6.42 Å². The molecule has 1 N–H and O–H groups in total. The molecule has 0 saturated carbocycles. The summed E-state index contributed by atoms with van der Waals surface area (Å²) in [5.74, 6) is 0.843. The third-order valence-electron chi connectivity index (χ3n) is 2.87. The van der Waals surface area contributed by atoms with Crippen molar-refractivity contribution >= 4 is 0 Å². The second kappa shape index (κ2) is 4.84. The Labute approximate surface area is 101 Å². The van der Waals surface area contributed by atoms with Gasteiger partial charge in [-0.2, -0.15) is 5.26 Å². The fourth-order valence-corrected chi connectivity index (χ4v) is 1.78. The topological polar surface area (TPSA) is 52.5 Å². The number of aromatic amines is 1. The van der Waals surface area contributed by atoms with Crippen LogP contribution < -0.4 is 0 Å². The Bertz CT molecular complexity index is 544. The Morgan fingerprint density at radius 3 is 2.59 bits per heavy atom. The maximum atomic E-state index is 8.69. The maximum absolute atomic E-state index is 8.69. The molecule has 86 valence electrons. The maximum Gasteiger partial charge on any atom is 0.137 e. The van der Waals surface area contributed by atoms with Crippen molar-refractivity contribution < 1.29 is 0 Å². The van der Waals surface area contributed by atoms with Crippen LogP contribution in [0.5, 0.6) is 0 Å². The summed E-state index contributed by atoms with van der Waals surface area (Å²) < 4.78 is 0. The predicted octanol–water partition coefficient (Wildman–Crippen LogP) is 3.01. The number of imidazole rings is 1. The number of hydrogen-bond acceptors (Lipinski definition) is 2. The van der Waals surface area contributed by atoms with Crippen molar-refractivity contribution in [2.24, 2.45) is 0 Å². The van der Waals surface area contributed by atoms with E-state index >= 15 is 0 Å². The fraction of sp³-hybridized carbons (Fsp3) is 0.286. The molecule has 0 aliphatic rings. The normalized spacial score (nSPS) is 10.2. The van der Waals surface area contributed by atoms with Gasteiger partial charge in [0.1, 0.15) is 5.82 Å². The standard InChI is InChI=1S/C14H15N3/c1-3-11-4-6-12(7-5-11)14-16-10(2)13(17-14)8-9-15/h4-7H,3,8H2,1-2H3,(H,16,17). The van der Waals surface area contributed by atoms with E-state index < -0.39 is 0 Å². The molecule has 3 nitrogen and oxygen atoms in total. The second-order valence-corrected chi connectivity index (χ2v) is 4.04. The lowest BCUT2D eigenvalue weighted by molar-refractivity contribution is 1.12. The molecule has 3 heteroatoms. The second-order valence-electron chi connectivity index (χ2n) is 4.04. The molecule has 2 aromatic rings. The number of aryl methyl sites for hydroxylation is 2. The molecule has 0 amide bonds. The van der Waals surface area contributed by atoms with Gasteiger partial charge in [0, 0.05) is 11.3 Å². The summed E-state index contributed by atoms with van der Waals surface area (Å²) >= 11 is 0. The van der Waals surface area contributed by atoms with Crippen molar-refractivity contribution in [3.8, 4) is 17.5 Å². The average molecular weight is 225 g/mol. The molecule has 0 saturated heterocycles. The Kier molecular flexibility index (Phi) is 3.24. The SMILES string of the molecule is CCc1ccc(-c2nc(CC#N)c(C)[nH]2)cc1. The third kappa shape index (κ3) is 2.36. The minimum atomic E-state index is 0.357. The van der Waals surface area contributed by atoms with Crippen LogP contribution in [0.15, 0.2) is 24.3 Å². The molecule has 1 aromatic heterocycles. The zero-order chi connectivity index (χ0) is 12.3. The quantitative estimate of drug-likeness (QED) is 0.873. The van der Waals surface area contributed by atoms with Crippen molar-refractivity contribution in [3.63, 3.8) is 0 Å². The van der Waals surface area contributed by atoms with Gasteiger partial charge in [-0.3, -0.25) is 0 Å². The molecule has 2 rings (SSSR count). The first-order chi connectivity index (χ1) is 8.24. The Balaban J connectivity index is 2.33. The van der Waals surface area contributed by atoms with E-state index in [0.717, 1.165) is 29.2 Å². The molecule has 0 fully saturated rings. The van der Waals surface area contributed by atoms with Crippen LogP contribution >= 0.6 is 0 Å². The van der Waals surface area contributed by atoms with E-state index in [1.165, 1.54) is 5.56 Å². The smallest absolute Gasteiger partial charge is 0.137 e. The molecule has 1 heterocycles. The lowest BCUT2D eigenvalue weighted by Gasteiger charge is -1.99. The molecule has 0 aliphatic carbocycles. The van der Waals surface area contributed by atoms with Gasteiger partial charge in [-0.05, 0) is 18.9 Å². The van der Waals surface area contributed by atoms with Gasteiger partial charge >= 0.3 is 0 Å². The van der Waals surface area contributed by atoms with Gasteiger partial charge in [0.25, 0.3) is 0 Å². The number of nitrogens with zero attached hydrogens (tertiary/aromatic N) is 2. The molecule has 0 atom stereocenters. The van der Waals surface area contributed by atoms with E-state index in [1.54, 1.807) is 0 Å². The molecule has 0 bridgehead atoms. The van der Waals surface area contributed by atoms with E-state index in [9.17, 15) is 0 Å². The summed E-state index contributed by atoms with van der Waals surface area (Å²) in [7, 11) is 0. The van der Waals surface area contributed by atoms with Crippen molar-refractivity contribution in [2.45, 2.75) is 26.7 Å². The van der Waals surface area contributed by atoms with Gasteiger partial charge in [-0.1, -0.05) is 31.2 Å². The van der Waals surface area contributed by atoms with Crippen molar-refractivity contribution in [1.29, 1.82) is 5.26 Å². The number of rotatable bonds is 3. The highest BCUT2D eigenvalue weighted by molar-refractivity contribution is 5.56. The molecule has 0 spiro atoms. The van der Waals surface area contributed by atoms with Crippen LogP contribution in [-0.2, 0) is 12.8 Å². The Morgan fingerprint density at radius 1 is 1.29 bits per heavy atom. The summed E-state index contributed by atoms with van der Waals surface area (Å²) in [6, 6.07) is 10.5. The van der Waals surface area contributed by atoms with Crippen molar-refractivity contribution in [3.05, 3.63) is 41.2 Å². The van der Waals surface area contributed by atoms with Gasteiger partial charge in [-0.25, -0.2) is 4.98 Å². The van der Waals surface area contributed by atoms with Crippen molar-refractivity contribution in [1.82, 2.24) is 9.97 Å². The number of nitriles is 1. The summed E-state index contributed by atoms with van der Waals surface area (Å²) in [6.45, 7) is 4.08. The summed E-state index contributed by atoms with van der Waals surface area (Å²) in [6.07, 6.45) is 1.40. The fourth-order valence-electron chi connectivity index (χ4n) is 1.78. The van der Waals surface area contributed by atoms with Crippen molar-refractivity contribution in [2.75, 3.05) is 0 Å². The van der Waals surface area contributed by atoms with Gasteiger partial charge < -0.3 is 4.98 Å². The number of H-pyrrole nitrogens is 1. The van der Waals surface area contributed by atoms with Crippen LogP contribution in [0, 0.1) is 18.3 Å². The number of benzene rings is 1. The molecular weight excluding hydrogens is 210 g/mol. The van der Waals surface area contributed by atoms with E-state index in [2.05, 4.69) is 47.2 Å². The first-order valence-electron chi connectivity index (χ1n) is 5.76. The minimum Gasteiger partial charge on any atom is -0.342 e. The minimum absolute atomic E-state index is 0.357. The van der Waals surface area contributed by atoms with Crippen LogP contribution in [-0.4, -0.2) is 9.97 Å². The molecule has 0 radical (unpaired) electrons.